The molecule has 6 nitrogen and oxygen atoms in total. The molecular weight excluding hydrogens is 416 g/mol. The number of imidazole rings is 1. The molecule has 0 aliphatic carbocycles. The van der Waals surface area contributed by atoms with Gasteiger partial charge in [-0.1, -0.05) is 18.2 Å². The van der Waals surface area contributed by atoms with Crippen LogP contribution >= 0.6 is 17.0 Å². The lowest BCUT2D eigenvalue weighted by atomic mass is 10.3. The van der Waals surface area contributed by atoms with Gasteiger partial charge in [0.1, 0.15) is 5.82 Å². The number of nitrogens with one attached hydrogen (secondary N) is 1. The van der Waals surface area contributed by atoms with E-state index in [2.05, 4.69) is 68.8 Å². The van der Waals surface area contributed by atoms with Crippen LogP contribution in [0.25, 0.3) is 11.0 Å². The number of fused-ring (bicyclic) bond motifs is 1. The van der Waals surface area contributed by atoms with E-state index in [4.69, 9.17) is 4.98 Å². The van der Waals surface area contributed by atoms with Crippen molar-refractivity contribution >= 4 is 39.8 Å². The van der Waals surface area contributed by atoms with Gasteiger partial charge in [0, 0.05) is 51.5 Å². The summed E-state index contributed by atoms with van der Waals surface area (Å²) in [4.78, 5) is 14.1. The van der Waals surface area contributed by atoms with E-state index in [1.807, 2.05) is 18.3 Å². The largest absolute Gasteiger partial charge is 0.354 e. The maximum absolute atomic E-state index is 4.79. The molecule has 7 heteroatoms. The predicted molar refractivity (Wildman–Crippen MR) is 122 cm³/mol. The minimum Gasteiger partial charge on any atom is -0.354 e. The number of rotatable bonds is 6. The molecule has 0 atom stereocenters. The zero-order valence-electron chi connectivity index (χ0n) is 16.6. The quantitative estimate of drug-likeness (QED) is 0.625. The van der Waals surface area contributed by atoms with Gasteiger partial charge in [0.25, 0.3) is 0 Å². The molecule has 0 amide bonds. The summed E-state index contributed by atoms with van der Waals surface area (Å²) in [5.74, 6) is 2.05. The van der Waals surface area contributed by atoms with Crippen molar-refractivity contribution in [3.63, 3.8) is 0 Å². The first-order valence-corrected chi connectivity index (χ1v) is 9.81. The van der Waals surface area contributed by atoms with Crippen molar-refractivity contribution in [3.8, 4) is 0 Å². The molecule has 0 unspecified atom stereocenters. The molecule has 2 aromatic heterocycles. The van der Waals surface area contributed by atoms with Gasteiger partial charge in [0.15, 0.2) is 0 Å². The van der Waals surface area contributed by atoms with E-state index in [1.165, 1.54) is 5.52 Å². The van der Waals surface area contributed by atoms with Crippen LogP contribution in [0.15, 0.2) is 48.7 Å². The Morgan fingerprint density at radius 1 is 1.00 bits per heavy atom. The van der Waals surface area contributed by atoms with Gasteiger partial charge >= 0.3 is 0 Å². The van der Waals surface area contributed by atoms with Gasteiger partial charge in [-0.25, -0.2) is 9.97 Å². The number of benzene rings is 1. The molecule has 28 heavy (non-hydrogen) atoms. The van der Waals surface area contributed by atoms with Crippen molar-refractivity contribution < 1.29 is 0 Å². The number of anilines is 2. The van der Waals surface area contributed by atoms with Gasteiger partial charge in [-0.3, -0.25) is 4.90 Å². The van der Waals surface area contributed by atoms with Crippen LogP contribution in [0.3, 0.4) is 0 Å². The van der Waals surface area contributed by atoms with Crippen LogP contribution in [0.5, 0.6) is 0 Å². The zero-order valence-corrected chi connectivity index (χ0v) is 18.3. The molecule has 0 spiro atoms. The Labute approximate surface area is 177 Å². The average molecular weight is 445 g/mol. The minimum atomic E-state index is 0. The third kappa shape index (κ3) is 4.47. The molecule has 1 aliphatic rings. The molecule has 4 rings (SSSR count). The SMILES string of the molecule is Br.CC(C)n1c(NCCN2CCN(c3ccccn3)CC2)nc2ccccc21. The van der Waals surface area contributed by atoms with Crippen molar-refractivity contribution in [2.75, 3.05) is 49.5 Å². The highest BCUT2D eigenvalue weighted by Gasteiger charge is 2.18. The van der Waals surface area contributed by atoms with Gasteiger partial charge in [-0.2, -0.15) is 0 Å². The fraction of sp³-hybridized carbons (Fsp3) is 0.429. The first-order chi connectivity index (χ1) is 13.2. The number of piperazine rings is 1. The smallest absolute Gasteiger partial charge is 0.204 e. The Morgan fingerprint density at radius 2 is 1.75 bits per heavy atom. The molecule has 1 aliphatic heterocycles. The Hall–Kier alpha value is -2.12. The molecule has 1 saturated heterocycles. The predicted octanol–water partition coefficient (Wildman–Crippen LogP) is 3.82. The summed E-state index contributed by atoms with van der Waals surface area (Å²) in [5.41, 5.74) is 2.25. The van der Waals surface area contributed by atoms with Crippen LogP contribution in [-0.2, 0) is 0 Å². The Bertz CT molecular complexity index is 871. The lowest BCUT2D eigenvalue weighted by Gasteiger charge is -2.35. The standard InChI is InChI=1S/C21H28N6.BrH/c1-17(2)27-19-8-4-3-7-18(19)24-21(27)23-11-12-25-13-15-26(16-14-25)20-9-5-6-10-22-20;/h3-10,17H,11-16H2,1-2H3,(H,23,24);1H. The first-order valence-electron chi connectivity index (χ1n) is 9.81. The van der Waals surface area contributed by atoms with E-state index in [0.717, 1.165) is 56.6 Å². The van der Waals surface area contributed by atoms with Crippen molar-refractivity contribution in [1.82, 2.24) is 19.4 Å². The van der Waals surface area contributed by atoms with Crippen LogP contribution in [0, 0.1) is 0 Å². The maximum Gasteiger partial charge on any atom is 0.204 e. The van der Waals surface area contributed by atoms with Crippen LogP contribution in [0.2, 0.25) is 0 Å². The fourth-order valence-corrected chi connectivity index (χ4v) is 3.76. The van der Waals surface area contributed by atoms with Crippen LogP contribution in [0.4, 0.5) is 11.8 Å². The monoisotopic (exact) mass is 444 g/mol. The molecule has 1 fully saturated rings. The molecule has 0 bridgehead atoms. The van der Waals surface area contributed by atoms with Gasteiger partial charge in [0.05, 0.1) is 11.0 Å². The number of para-hydroxylation sites is 2. The topological polar surface area (TPSA) is 49.2 Å². The van der Waals surface area contributed by atoms with Gasteiger partial charge in [-0.15, -0.1) is 17.0 Å². The summed E-state index contributed by atoms with van der Waals surface area (Å²) >= 11 is 0. The lowest BCUT2D eigenvalue weighted by Crippen LogP contribution is -2.47. The van der Waals surface area contributed by atoms with E-state index in [-0.39, 0.29) is 17.0 Å². The summed E-state index contributed by atoms with van der Waals surface area (Å²) in [7, 11) is 0. The minimum absolute atomic E-state index is 0. The summed E-state index contributed by atoms with van der Waals surface area (Å²) in [6.45, 7) is 10.5. The van der Waals surface area contributed by atoms with Gasteiger partial charge < -0.3 is 14.8 Å². The van der Waals surface area contributed by atoms with Crippen molar-refractivity contribution in [3.05, 3.63) is 48.7 Å². The van der Waals surface area contributed by atoms with E-state index in [0.29, 0.717) is 6.04 Å². The van der Waals surface area contributed by atoms with E-state index >= 15 is 0 Å². The normalized spacial score (nSPS) is 15.0. The second-order valence-electron chi connectivity index (χ2n) is 7.33. The Morgan fingerprint density at radius 3 is 2.46 bits per heavy atom. The fourth-order valence-electron chi connectivity index (χ4n) is 3.76. The molecule has 1 N–H and O–H groups in total. The zero-order chi connectivity index (χ0) is 18.6. The van der Waals surface area contributed by atoms with Gasteiger partial charge in [-0.05, 0) is 38.1 Å². The number of nitrogens with zero attached hydrogens (tertiary/aromatic N) is 5. The molecule has 3 aromatic rings. The number of aromatic nitrogens is 3. The maximum atomic E-state index is 4.79. The highest BCUT2D eigenvalue weighted by Crippen LogP contribution is 2.24. The molecule has 150 valence electrons. The van der Waals surface area contributed by atoms with Crippen LogP contribution < -0.4 is 10.2 Å². The molecule has 1 aromatic carbocycles. The molecule has 0 radical (unpaired) electrons. The van der Waals surface area contributed by atoms with Crippen LogP contribution in [0.1, 0.15) is 19.9 Å². The lowest BCUT2D eigenvalue weighted by molar-refractivity contribution is 0.266. The molecule has 0 saturated carbocycles. The average Bonchev–Trinajstić information content (AvgIpc) is 3.08. The number of hydrogen-bond donors (Lipinski definition) is 1. The van der Waals surface area contributed by atoms with Gasteiger partial charge in [0.2, 0.25) is 5.95 Å². The first kappa shape index (κ1) is 20.6. The van der Waals surface area contributed by atoms with Crippen LogP contribution in [-0.4, -0.2) is 58.7 Å². The molecular formula is C21H29BrN6. The van der Waals surface area contributed by atoms with Crippen molar-refractivity contribution in [2.24, 2.45) is 0 Å². The van der Waals surface area contributed by atoms with E-state index in [1.54, 1.807) is 0 Å². The molecule has 3 heterocycles. The summed E-state index contributed by atoms with van der Waals surface area (Å²) in [5, 5.41) is 3.56. The number of halogens is 1. The summed E-state index contributed by atoms with van der Waals surface area (Å²) < 4.78 is 2.29. The number of hydrogen-bond acceptors (Lipinski definition) is 5. The third-order valence-electron chi connectivity index (χ3n) is 5.17. The second kappa shape index (κ2) is 9.39. The third-order valence-corrected chi connectivity index (χ3v) is 5.17. The van der Waals surface area contributed by atoms with E-state index in [9.17, 15) is 0 Å². The number of pyridine rings is 1. The van der Waals surface area contributed by atoms with Crippen molar-refractivity contribution in [2.45, 2.75) is 19.9 Å². The highest BCUT2D eigenvalue weighted by molar-refractivity contribution is 8.93. The second-order valence-corrected chi connectivity index (χ2v) is 7.33. The Kier molecular flexibility index (Phi) is 6.91. The highest BCUT2D eigenvalue weighted by atomic mass is 79.9. The Balaban J connectivity index is 0.00000225. The van der Waals surface area contributed by atoms with Crippen molar-refractivity contribution in [1.29, 1.82) is 0 Å². The van der Waals surface area contributed by atoms with E-state index < -0.39 is 0 Å². The summed E-state index contributed by atoms with van der Waals surface area (Å²) in [6.07, 6.45) is 1.87. The summed E-state index contributed by atoms with van der Waals surface area (Å²) in [6, 6.07) is 14.8.